The molecular weight excluding hydrogens is 288 g/mol. The van der Waals surface area contributed by atoms with E-state index in [0.717, 1.165) is 5.56 Å². The summed E-state index contributed by atoms with van der Waals surface area (Å²) in [6.45, 7) is 0. The van der Waals surface area contributed by atoms with Crippen LogP contribution in [0.2, 0.25) is 0 Å². The summed E-state index contributed by atoms with van der Waals surface area (Å²) in [6.07, 6.45) is 13.3. The van der Waals surface area contributed by atoms with Crippen molar-refractivity contribution in [1.29, 1.82) is 0 Å². The third-order valence-corrected chi connectivity index (χ3v) is 4.43. The maximum absolute atomic E-state index is 3.48. The van der Waals surface area contributed by atoms with E-state index in [0.29, 0.717) is 0 Å². The quantitative estimate of drug-likeness (QED) is 0.487. The van der Waals surface area contributed by atoms with Gasteiger partial charge in [0.25, 0.3) is 0 Å². The van der Waals surface area contributed by atoms with E-state index < -0.39 is 0 Å². The first-order valence-corrected chi connectivity index (χ1v) is 8.32. The highest BCUT2D eigenvalue weighted by atomic mass is 14.3. The number of fused-ring (bicyclic) bond motifs is 2. The lowest BCUT2D eigenvalue weighted by Crippen LogP contribution is -2.12. The van der Waals surface area contributed by atoms with Crippen molar-refractivity contribution < 1.29 is 0 Å². The number of benzene rings is 2. The Balaban J connectivity index is 1.88. The molecule has 0 heteroatoms. The van der Waals surface area contributed by atoms with Crippen LogP contribution in [0.5, 0.6) is 0 Å². The van der Waals surface area contributed by atoms with Gasteiger partial charge >= 0.3 is 0 Å². The van der Waals surface area contributed by atoms with Gasteiger partial charge in [-0.15, -0.1) is 0 Å². The van der Waals surface area contributed by atoms with Crippen molar-refractivity contribution >= 4 is 5.57 Å². The number of hydrogen-bond donors (Lipinski definition) is 0. The summed E-state index contributed by atoms with van der Waals surface area (Å²) in [7, 11) is 0. The third kappa shape index (κ3) is 2.90. The van der Waals surface area contributed by atoms with Gasteiger partial charge in [0.1, 0.15) is 0 Å². The zero-order valence-corrected chi connectivity index (χ0v) is 13.4. The standard InChI is InChI=1S/C24H18/c1-3-9-19(10-4-1)15-18-23-20-11-7-8-14-22(17-16-20)24(23)21-12-5-2-6-13-21/h1-14,16-17,20,22H/b11-7-,14-8-/t20-,22+/m1/s1. The molecular formula is C24H18. The van der Waals surface area contributed by atoms with Gasteiger partial charge in [-0.25, -0.2) is 0 Å². The number of hydrogen-bond acceptors (Lipinski definition) is 0. The van der Waals surface area contributed by atoms with E-state index in [1.165, 1.54) is 16.7 Å². The normalized spacial score (nSPS) is 23.8. The minimum atomic E-state index is 0.248. The molecule has 2 atom stereocenters. The maximum Gasteiger partial charge on any atom is 0.0285 e. The second kappa shape index (κ2) is 6.60. The first-order valence-electron chi connectivity index (χ1n) is 8.32. The van der Waals surface area contributed by atoms with Crippen LogP contribution in [0.25, 0.3) is 5.57 Å². The van der Waals surface area contributed by atoms with Crippen LogP contribution in [0.4, 0.5) is 0 Å². The van der Waals surface area contributed by atoms with Crippen LogP contribution in [0, 0.1) is 23.7 Å². The van der Waals surface area contributed by atoms with Crippen LogP contribution < -0.4 is 0 Å². The van der Waals surface area contributed by atoms with Gasteiger partial charge in [-0.1, -0.05) is 96.8 Å². The molecule has 0 unspecified atom stereocenters. The summed E-state index contributed by atoms with van der Waals surface area (Å²) in [5, 5.41) is 0. The lowest BCUT2D eigenvalue weighted by molar-refractivity contribution is 0.915. The summed E-state index contributed by atoms with van der Waals surface area (Å²) in [4.78, 5) is 0. The molecule has 0 amide bonds. The van der Waals surface area contributed by atoms with Gasteiger partial charge in [-0.3, -0.25) is 0 Å². The molecule has 0 saturated heterocycles. The zero-order chi connectivity index (χ0) is 16.2. The highest BCUT2D eigenvalue weighted by Crippen LogP contribution is 2.38. The molecule has 0 fully saturated rings. The van der Waals surface area contributed by atoms with Crippen molar-refractivity contribution in [1.82, 2.24) is 0 Å². The van der Waals surface area contributed by atoms with E-state index in [1.54, 1.807) is 0 Å². The van der Waals surface area contributed by atoms with Crippen LogP contribution in [-0.2, 0) is 0 Å². The molecule has 0 radical (unpaired) electrons. The summed E-state index contributed by atoms with van der Waals surface area (Å²) in [6, 6.07) is 20.8. The van der Waals surface area contributed by atoms with Gasteiger partial charge in [0.05, 0.1) is 0 Å². The Kier molecular flexibility index (Phi) is 4.00. The highest BCUT2D eigenvalue weighted by Gasteiger charge is 2.24. The van der Waals surface area contributed by atoms with Crippen LogP contribution >= 0.6 is 0 Å². The number of rotatable bonds is 1. The molecule has 0 heterocycles. The SMILES string of the molecule is C(#Cc1ccccc1)C1=C(c2ccccc2)[C@@H]2C=C[C@H]1/C=C\C=C/2. The fourth-order valence-corrected chi connectivity index (χ4v) is 3.26. The summed E-state index contributed by atoms with van der Waals surface area (Å²) < 4.78 is 0. The first kappa shape index (κ1) is 14.5. The van der Waals surface area contributed by atoms with Crippen molar-refractivity contribution in [3.8, 4) is 11.8 Å². The second-order valence-corrected chi connectivity index (χ2v) is 6.02. The van der Waals surface area contributed by atoms with E-state index in [4.69, 9.17) is 0 Å². The van der Waals surface area contributed by atoms with Gasteiger partial charge < -0.3 is 0 Å². The molecule has 2 aliphatic carbocycles. The lowest BCUT2D eigenvalue weighted by Gasteiger charge is -2.26. The molecule has 114 valence electrons. The minimum Gasteiger partial charge on any atom is -0.0762 e. The van der Waals surface area contributed by atoms with Crippen molar-refractivity contribution in [2.75, 3.05) is 0 Å². The van der Waals surface area contributed by atoms with Gasteiger partial charge in [-0.05, 0) is 23.3 Å². The predicted octanol–water partition coefficient (Wildman–Crippen LogP) is 5.42. The van der Waals surface area contributed by atoms with E-state index in [2.05, 4.69) is 90.8 Å². The van der Waals surface area contributed by atoms with E-state index in [-0.39, 0.29) is 11.8 Å². The van der Waals surface area contributed by atoms with Crippen molar-refractivity contribution in [2.45, 2.75) is 0 Å². The van der Waals surface area contributed by atoms with E-state index >= 15 is 0 Å². The molecule has 0 saturated carbocycles. The van der Waals surface area contributed by atoms with Gasteiger partial charge in [-0.2, -0.15) is 0 Å². The average molecular weight is 306 g/mol. The smallest absolute Gasteiger partial charge is 0.0285 e. The second-order valence-electron chi connectivity index (χ2n) is 6.02. The fourth-order valence-electron chi connectivity index (χ4n) is 3.26. The summed E-state index contributed by atoms with van der Waals surface area (Å²) in [5.74, 6) is 7.36. The number of allylic oxidation sites excluding steroid dienone is 8. The Hall–Kier alpha value is -3.04. The topological polar surface area (TPSA) is 0 Å². The minimum absolute atomic E-state index is 0.248. The molecule has 2 bridgehead atoms. The Morgan fingerprint density at radius 1 is 0.583 bits per heavy atom. The van der Waals surface area contributed by atoms with E-state index in [1.807, 2.05) is 18.2 Å². The Morgan fingerprint density at radius 2 is 1.21 bits per heavy atom. The summed E-state index contributed by atoms with van der Waals surface area (Å²) in [5.41, 5.74) is 4.85. The van der Waals surface area contributed by atoms with Crippen LogP contribution in [0.1, 0.15) is 11.1 Å². The van der Waals surface area contributed by atoms with Gasteiger partial charge in [0, 0.05) is 23.0 Å². The Labute approximate surface area is 143 Å². The molecule has 0 N–H and O–H groups in total. The first-order chi connectivity index (χ1) is 11.9. The molecule has 0 aliphatic heterocycles. The van der Waals surface area contributed by atoms with Crippen molar-refractivity contribution in [3.05, 3.63) is 114 Å². The zero-order valence-electron chi connectivity index (χ0n) is 13.4. The van der Waals surface area contributed by atoms with Gasteiger partial charge in [0.15, 0.2) is 0 Å². The fraction of sp³-hybridized carbons (Fsp3) is 0.0833. The molecule has 0 nitrogen and oxygen atoms in total. The van der Waals surface area contributed by atoms with Crippen molar-refractivity contribution in [3.63, 3.8) is 0 Å². The molecule has 0 aromatic heterocycles. The Bertz CT molecular complexity index is 897. The maximum atomic E-state index is 3.48. The molecule has 2 aromatic carbocycles. The third-order valence-electron chi connectivity index (χ3n) is 4.43. The molecule has 4 rings (SSSR count). The van der Waals surface area contributed by atoms with E-state index in [9.17, 15) is 0 Å². The highest BCUT2D eigenvalue weighted by molar-refractivity contribution is 5.79. The molecule has 2 aromatic rings. The van der Waals surface area contributed by atoms with Crippen LogP contribution in [-0.4, -0.2) is 0 Å². The van der Waals surface area contributed by atoms with Crippen molar-refractivity contribution in [2.24, 2.45) is 11.8 Å². The van der Waals surface area contributed by atoms with Gasteiger partial charge in [0.2, 0.25) is 0 Å². The largest absolute Gasteiger partial charge is 0.0762 e. The lowest BCUT2D eigenvalue weighted by atomic mass is 9.77. The van der Waals surface area contributed by atoms with Crippen LogP contribution in [0.15, 0.2) is 103 Å². The monoisotopic (exact) mass is 306 g/mol. The molecule has 0 spiro atoms. The average Bonchev–Trinajstić information content (AvgIpc) is 2.62. The summed E-state index contributed by atoms with van der Waals surface area (Å²) >= 11 is 0. The molecule has 2 aliphatic rings. The van der Waals surface area contributed by atoms with Crippen LogP contribution in [0.3, 0.4) is 0 Å². The predicted molar refractivity (Wildman–Crippen MR) is 101 cm³/mol. The molecule has 24 heavy (non-hydrogen) atoms. The Morgan fingerprint density at radius 3 is 1.96 bits per heavy atom.